The molecule has 16 heavy (non-hydrogen) atoms. The first-order chi connectivity index (χ1) is 7.46. The number of hydrogen-bond acceptors (Lipinski definition) is 3. The van der Waals surface area contributed by atoms with Crippen LogP contribution < -0.4 is 0 Å². The van der Waals surface area contributed by atoms with Gasteiger partial charge < -0.3 is 4.74 Å². The van der Waals surface area contributed by atoms with E-state index in [4.69, 9.17) is 9.57 Å². The van der Waals surface area contributed by atoms with Crippen LogP contribution in [0.2, 0.25) is 0 Å². The van der Waals surface area contributed by atoms with E-state index in [2.05, 4.69) is 0 Å². The van der Waals surface area contributed by atoms with Crippen LogP contribution in [0.4, 0.5) is 0 Å². The molecule has 0 spiro atoms. The Kier molecular flexibility index (Phi) is 4.74. The van der Waals surface area contributed by atoms with Gasteiger partial charge in [0.1, 0.15) is 0 Å². The molecule has 1 aliphatic carbocycles. The minimum atomic E-state index is -0.320. The molecule has 0 unspecified atom stereocenters. The number of methoxy groups -OCH3 is 1. The molecule has 0 aliphatic heterocycles. The highest BCUT2D eigenvalue weighted by atomic mass is 16.7. The van der Waals surface area contributed by atoms with Crippen molar-refractivity contribution in [2.75, 3.05) is 7.11 Å². The van der Waals surface area contributed by atoms with E-state index in [0.29, 0.717) is 6.10 Å². The number of carbonyl (C=O) groups excluding carboxylic acids is 1. The third-order valence-corrected chi connectivity index (χ3v) is 2.82. The Hall–Kier alpha value is -0.610. The van der Waals surface area contributed by atoms with Crippen molar-refractivity contribution in [1.29, 1.82) is 0 Å². The average Bonchev–Trinajstić information content (AvgIpc) is 2.25. The molecule has 4 heteroatoms. The molecule has 0 bridgehead atoms. The largest absolute Gasteiger partial charge is 0.381 e. The zero-order valence-corrected chi connectivity index (χ0v) is 10.7. The minimum absolute atomic E-state index is 0.197. The summed E-state index contributed by atoms with van der Waals surface area (Å²) in [5.41, 5.74) is -0.320. The summed E-state index contributed by atoms with van der Waals surface area (Å²) in [6.45, 7) is 5.85. The van der Waals surface area contributed by atoms with E-state index in [-0.39, 0.29) is 11.6 Å². The van der Waals surface area contributed by atoms with Gasteiger partial charge in [0, 0.05) is 7.11 Å². The molecule has 0 aromatic carbocycles. The normalized spacial score (nSPS) is 26.5. The topological polar surface area (TPSA) is 38.8 Å². The predicted molar refractivity (Wildman–Crippen MR) is 61.8 cm³/mol. The van der Waals surface area contributed by atoms with Crippen LogP contribution in [0.1, 0.15) is 46.5 Å². The average molecular weight is 229 g/mol. The number of hydroxylamine groups is 2. The molecule has 0 heterocycles. The SMILES string of the molecule is COC1CCC(N(C=O)OC(C)(C)C)CC1. The first-order valence-electron chi connectivity index (χ1n) is 5.92. The predicted octanol–water partition coefficient (Wildman–Crippen LogP) is 2.13. The van der Waals surface area contributed by atoms with Gasteiger partial charge in [-0.15, -0.1) is 0 Å². The molecule has 0 radical (unpaired) electrons. The van der Waals surface area contributed by atoms with Gasteiger partial charge in [-0.1, -0.05) is 0 Å². The summed E-state index contributed by atoms with van der Waals surface area (Å²) in [5.74, 6) is 0. The van der Waals surface area contributed by atoms with Crippen LogP contribution in [-0.2, 0) is 14.4 Å². The van der Waals surface area contributed by atoms with Crippen molar-refractivity contribution in [2.45, 2.75) is 64.2 Å². The summed E-state index contributed by atoms with van der Waals surface area (Å²) >= 11 is 0. The van der Waals surface area contributed by atoms with E-state index >= 15 is 0 Å². The molecule has 94 valence electrons. The number of ether oxygens (including phenoxy) is 1. The van der Waals surface area contributed by atoms with E-state index in [1.54, 1.807) is 7.11 Å². The summed E-state index contributed by atoms with van der Waals surface area (Å²) in [7, 11) is 1.74. The molecule has 1 fully saturated rings. The highest BCUT2D eigenvalue weighted by Crippen LogP contribution is 2.25. The molecule has 1 amide bonds. The third-order valence-electron chi connectivity index (χ3n) is 2.82. The number of amides is 1. The maximum atomic E-state index is 11.0. The van der Waals surface area contributed by atoms with Crippen LogP contribution in [0.25, 0.3) is 0 Å². The summed E-state index contributed by atoms with van der Waals surface area (Å²) in [6, 6.07) is 0.197. The fraction of sp³-hybridized carbons (Fsp3) is 0.917. The molecular weight excluding hydrogens is 206 g/mol. The Bertz CT molecular complexity index is 217. The standard InChI is InChI=1S/C12H23NO3/c1-12(2,3)16-13(9-14)10-5-7-11(15-4)8-6-10/h9-11H,5-8H2,1-4H3. The highest BCUT2D eigenvalue weighted by molar-refractivity contribution is 5.45. The van der Waals surface area contributed by atoms with E-state index < -0.39 is 0 Å². The van der Waals surface area contributed by atoms with Gasteiger partial charge in [0.05, 0.1) is 17.7 Å². The van der Waals surface area contributed by atoms with Crippen LogP contribution >= 0.6 is 0 Å². The van der Waals surface area contributed by atoms with Crippen LogP contribution in [0.5, 0.6) is 0 Å². The van der Waals surface area contributed by atoms with Gasteiger partial charge in [0.2, 0.25) is 6.41 Å². The fourth-order valence-electron chi connectivity index (χ4n) is 2.03. The molecule has 0 N–H and O–H groups in total. The van der Waals surface area contributed by atoms with Crippen molar-refractivity contribution in [3.8, 4) is 0 Å². The zero-order valence-electron chi connectivity index (χ0n) is 10.7. The second-order valence-corrected chi connectivity index (χ2v) is 5.34. The zero-order chi connectivity index (χ0) is 12.2. The molecule has 1 saturated carbocycles. The summed E-state index contributed by atoms with van der Waals surface area (Å²) < 4.78 is 5.31. The second-order valence-electron chi connectivity index (χ2n) is 5.34. The highest BCUT2D eigenvalue weighted by Gasteiger charge is 2.28. The third kappa shape index (κ3) is 4.10. The van der Waals surface area contributed by atoms with E-state index in [1.165, 1.54) is 5.06 Å². The summed E-state index contributed by atoms with van der Waals surface area (Å²) in [6.07, 6.45) is 5.04. The quantitative estimate of drug-likeness (QED) is 0.547. The lowest BCUT2D eigenvalue weighted by molar-refractivity contribution is -0.237. The van der Waals surface area contributed by atoms with Gasteiger partial charge in [-0.2, -0.15) is 0 Å². The minimum Gasteiger partial charge on any atom is -0.381 e. The van der Waals surface area contributed by atoms with Crippen molar-refractivity contribution >= 4 is 6.41 Å². The molecule has 1 rings (SSSR count). The Morgan fingerprint density at radius 2 is 1.75 bits per heavy atom. The molecule has 4 nitrogen and oxygen atoms in total. The smallest absolute Gasteiger partial charge is 0.233 e. The van der Waals surface area contributed by atoms with Crippen LogP contribution in [-0.4, -0.2) is 36.3 Å². The monoisotopic (exact) mass is 229 g/mol. The molecule has 0 saturated heterocycles. The fourth-order valence-corrected chi connectivity index (χ4v) is 2.03. The molecule has 1 aliphatic rings. The lowest BCUT2D eigenvalue weighted by Gasteiger charge is -2.36. The Morgan fingerprint density at radius 1 is 1.19 bits per heavy atom. The van der Waals surface area contributed by atoms with Crippen LogP contribution in [0.3, 0.4) is 0 Å². The molecule has 0 aromatic heterocycles. The number of rotatable bonds is 4. The van der Waals surface area contributed by atoms with E-state index in [0.717, 1.165) is 32.1 Å². The summed E-state index contributed by atoms with van der Waals surface area (Å²) in [4.78, 5) is 16.6. The number of nitrogens with zero attached hydrogens (tertiary/aromatic N) is 1. The lowest BCUT2D eigenvalue weighted by atomic mass is 9.93. The molecular formula is C12H23NO3. The van der Waals surface area contributed by atoms with Gasteiger partial charge in [0.25, 0.3) is 0 Å². The summed E-state index contributed by atoms with van der Waals surface area (Å²) in [5, 5.41) is 1.48. The van der Waals surface area contributed by atoms with Crippen LogP contribution in [0.15, 0.2) is 0 Å². The van der Waals surface area contributed by atoms with Crippen molar-refractivity contribution in [2.24, 2.45) is 0 Å². The Labute approximate surface area is 97.9 Å². The van der Waals surface area contributed by atoms with Gasteiger partial charge in [-0.25, -0.2) is 5.06 Å². The molecule has 0 atom stereocenters. The van der Waals surface area contributed by atoms with Crippen molar-refractivity contribution < 1.29 is 14.4 Å². The number of carbonyl (C=O) groups is 1. The maximum Gasteiger partial charge on any atom is 0.233 e. The lowest BCUT2D eigenvalue weighted by Crippen LogP contribution is -2.42. The van der Waals surface area contributed by atoms with Gasteiger partial charge in [-0.05, 0) is 46.5 Å². The van der Waals surface area contributed by atoms with Crippen LogP contribution in [0, 0.1) is 0 Å². The first-order valence-corrected chi connectivity index (χ1v) is 5.92. The maximum absolute atomic E-state index is 11.0. The first kappa shape index (κ1) is 13.5. The number of hydrogen-bond donors (Lipinski definition) is 0. The Balaban J connectivity index is 2.46. The van der Waals surface area contributed by atoms with Crippen molar-refractivity contribution in [3.63, 3.8) is 0 Å². The van der Waals surface area contributed by atoms with Crippen molar-refractivity contribution in [3.05, 3.63) is 0 Å². The Morgan fingerprint density at radius 3 is 2.12 bits per heavy atom. The molecule has 0 aromatic rings. The van der Waals surface area contributed by atoms with E-state index in [9.17, 15) is 4.79 Å². The second kappa shape index (κ2) is 5.64. The van der Waals surface area contributed by atoms with Crippen molar-refractivity contribution in [1.82, 2.24) is 5.06 Å². The van der Waals surface area contributed by atoms with Gasteiger partial charge >= 0.3 is 0 Å². The van der Waals surface area contributed by atoms with Gasteiger partial charge in [-0.3, -0.25) is 9.63 Å². The van der Waals surface area contributed by atoms with Gasteiger partial charge in [0.15, 0.2) is 0 Å². The van der Waals surface area contributed by atoms with E-state index in [1.807, 2.05) is 20.8 Å².